The quantitative estimate of drug-likeness (QED) is 0.820. The van der Waals surface area contributed by atoms with Gasteiger partial charge in [0.15, 0.2) is 3.77 Å². The third-order valence-corrected chi connectivity index (χ3v) is 1.93. The fourth-order valence-electron chi connectivity index (χ4n) is 0.816. The van der Waals surface area contributed by atoms with Crippen LogP contribution in [0.5, 0.6) is 0 Å². The van der Waals surface area contributed by atoms with Gasteiger partial charge in [0.2, 0.25) is 0 Å². The molecular formula is C7H8INO3. The molecule has 0 amide bonds. The number of carboxylic acid groups (broad SMARTS) is 1. The monoisotopic (exact) mass is 281 g/mol. The summed E-state index contributed by atoms with van der Waals surface area (Å²) in [4.78, 5) is 10.3. The highest BCUT2D eigenvalue weighted by Crippen LogP contribution is 2.18. The highest BCUT2D eigenvalue weighted by molar-refractivity contribution is 14.1. The van der Waals surface area contributed by atoms with Crippen molar-refractivity contribution in [3.63, 3.8) is 0 Å². The molecule has 0 radical (unpaired) electrons. The number of hydrogen-bond donors (Lipinski definition) is 2. The van der Waals surface area contributed by atoms with Crippen molar-refractivity contribution in [2.45, 2.75) is 12.5 Å². The van der Waals surface area contributed by atoms with Gasteiger partial charge in [0.1, 0.15) is 5.76 Å². The third kappa shape index (κ3) is 2.49. The Hall–Kier alpha value is -0.560. The highest BCUT2D eigenvalue weighted by Gasteiger charge is 2.13. The molecule has 4 nitrogen and oxygen atoms in total. The summed E-state index contributed by atoms with van der Waals surface area (Å²) < 4.78 is 5.86. The topological polar surface area (TPSA) is 76.5 Å². The summed E-state index contributed by atoms with van der Waals surface area (Å²) in [6.07, 6.45) is -0.108. The van der Waals surface area contributed by atoms with Crippen LogP contribution in [0.15, 0.2) is 16.5 Å². The zero-order valence-corrected chi connectivity index (χ0v) is 8.32. The molecule has 1 rings (SSSR count). The van der Waals surface area contributed by atoms with Crippen molar-refractivity contribution < 1.29 is 14.3 Å². The van der Waals surface area contributed by atoms with Gasteiger partial charge in [0.05, 0.1) is 12.5 Å². The Labute approximate surface area is 82.9 Å². The summed E-state index contributed by atoms with van der Waals surface area (Å²) in [5.74, 6) is -0.407. The fourth-order valence-corrected chi connectivity index (χ4v) is 1.25. The minimum Gasteiger partial charge on any atom is -0.481 e. The molecule has 0 fully saturated rings. The highest BCUT2D eigenvalue weighted by atomic mass is 127. The van der Waals surface area contributed by atoms with Crippen LogP contribution < -0.4 is 5.73 Å². The van der Waals surface area contributed by atoms with E-state index in [2.05, 4.69) is 0 Å². The van der Waals surface area contributed by atoms with E-state index < -0.39 is 12.0 Å². The molecule has 66 valence electrons. The lowest BCUT2D eigenvalue weighted by Gasteiger charge is -2.03. The van der Waals surface area contributed by atoms with E-state index >= 15 is 0 Å². The molecule has 12 heavy (non-hydrogen) atoms. The van der Waals surface area contributed by atoms with Gasteiger partial charge in [-0.05, 0) is 34.7 Å². The molecule has 1 atom stereocenters. The Kier molecular flexibility index (Phi) is 3.10. The molecule has 5 heteroatoms. The van der Waals surface area contributed by atoms with Gasteiger partial charge in [0, 0.05) is 0 Å². The minimum atomic E-state index is -0.922. The Morgan fingerprint density at radius 2 is 2.42 bits per heavy atom. The van der Waals surface area contributed by atoms with Gasteiger partial charge in [-0.2, -0.15) is 0 Å². The van der Waals surface area contributed by atoms with Crippen molar-refractivity contribution in [3.8, 4) is 0 Å². The van der Waals surface area contributed by atoms with Crippen molar-refractivity contribution >= 4 is 28.6 Å². The second kappa shape index (κ2) is 3.90. The van der Waals surface area contributed by atoms with Gasteiger partial charge >= 0.3 is 5.97 Å². The molecule has 0 aliphatic rings. The van der Waals surface area contributed by atoms with E-state index in [4.69, 9.17) is 15.3 Å². The number of rotatable bonds is 3. The van der Waals surface area contributed by atoms with Gasteiger partial charge < -0.3 is 15.3 Å². The van der Waals surface area contributed by atoms with Crippen LogP contribution in [0.1, 0.15) is 18.2 Å². The summed E-state index contributed by atoms with van der Waals surface area (Å²) in [6, 6.07) is 2.89. The lowest BCUT2D eigenvalue weighted by molar-refractivity contribution is -0.137. The maximum atomic E-state index is 10.3. The largest absolute Gasteiger partial charge is 0.481 e. The van der Waals surface area contributed by atoms with Crippen LogP contribution in [0.3, 0.4) is 0 Å². The molecule has 0 saturated heterocycles. The molecule has 0 aliphatic carbocycles. The summed E-state index contributed by atoms with van der Waals surface area (Å²) in [7, 11) is 0. The van der Waals surface area contributed by atoms with Crippen LogP contribution in [0.25, 0.3) is 0 Å². The molecular weight excluding hydrogens is 273 g/mol. The predicted molar refractivity (Wildman–Crippen MR) is 50.6 cm³/mol. The average Bonchev–Trinajstić information content (AvgIpc) is 2.34. The van der Waals surface area contributed by atoms with E-state index in [1.807, 2.05) is 22.6 Å². The predicted octanol–water partition coefficient (Wildman–Crippen LogP) is 1.36. The Bertz CT molecular complexity index is 284. The van der Waals surface area contributed by atoms with Crippen molar-refractivity contribution in [2.24, 2.45) is 5.73 Å². The smallest absolute Gasteiger partial charge is 0.305 e. The molecule has 3 N–H and O–H groups in total. The molecule has 0 aliphatic heterocycles. The molecule has 1 aromatic rings. The van der Waals surface area contributed by atoms with Gasteiger partial charge in [-0.25, -0.2) is 0 Å². The summed E-state index contributed by atoms with van der Waals surface area (Å²) in [6.45, 7) is 0. The minimum absolute atomic E-state index is 0.108. The molecule has 1 heterocycles. The van der Waals surface area contributed by atoms with Crippen LogP contribution in [-0.4, -0.2) is 11.1 Å². The van der Waals surface area contributed by atoms with Crippen LogP contribution in [0.4, 0.5) is 0 Å². The Morgan fingerprint density at radius 3 is 2.83 bits per heavy atom. The molecule has 0 spiro atoms. The third-order valence-electron chi connectivity index (χ3n) is 1.35. The van der Waals surface area contributed by atoms with Crippen LogP contribution >= 0.6 is 22.6 Å². The number of carbonyl (C=O) groups is 1. The first-order valence-corrected chi connectivity index (χ1v) is 4.40. The van der Waals surface area contributed by atoms with E-state index in [0.29, 0.717) is 9.53 Å². The zero-order valence-electron chi connectivity index (χ0n) is 6.16. The number of furan rings is 1. The van der Waals surface area contributed by atoms with Crippen molar-refractivity contribution in [2.75, 3.05) is 0 Å². The molecule has 1 aromatic heterocycles. The summed E-state index contributed by atoms with van der Waals surface area (Å²) in [5, 5.41) is 8.43. The molecule has 0 aromatic carbocycles. The number of carboxylic acids is 1. The van der Waals surface area contributed by atoms with E-state index in [1.165, 1.54) is 0 Å². The van der Waals surface area contributed by atoms with Crippen LogP contribution in [-0.2, 0) is 4.79 Å². The van der Waals surface area contributed by atoms with E-state index in [-0.39, 0.29) is 6.42 Å². The Balaban J connectivity index is 2.64. The van der Waals surface area contributed by atoms with Crippen LogP contribution in [0, 0.1) is 3.77 Å². The standard InChI is InChI=1S/C7H8INO3/c8-6-2-1-5(12-6)4(9)3-7(10)11/h1-2,4H,3,9H2,(H,10,11). The number of hydrogen-bond acceptors (Lipinski definition) is 3. The Morgan fingerprint density at radius 1 is 1.75 bits per heavy atom. The zero-order chi connectivity index (χ0) is 9.14. The van der Waals surface area contributed by atoms with E-state index in [0.717, 1.165) is 0 Å². The first-order chi connectivity index (χ1) is 5.59. The number of nitrogens with two attached hydrogens (primary N) is 1. The van der Waals surface area contributed by atoms with E-state index in [1.54, 1.807) is 12.1 Å². The summed E-state index contributed by atoms with van der Waals surface area (Å²) in [5.41, 5.74) is 5.53. The number of aliphatic carboxylic acids is 1. The van der Waals surface area contributed by atoms with Gasteiger partial charge in [-0.1, -0.05) is 0 Å². The lowest BCUT2D eigenvalue weighted by Crippen LogP contribution is -2.14. The second-order valence-electron chi connectivity index (χ2n) is 2.35. The lowest BCUT2D eigenvalue weighted by atomic mass is 10.2. The fraction of sp³-hybridized carbons (Fsp3) is 0.286. The van der Waals surface area contributed by atoms with Crippen molar-refractivity contribution in [1.29, 1.82) is 0 Å². The maximum absolute atomic E-state index is 10.3. The van der Waals surface area contributed by atoms with Crippen molar-refractivity contribution in [3.05, 3.63) is 21.7 Å². The summed E-state index contributed by atoms with van der Waals surface area (Å²) >= 11 is 2.00. The second-order valence-corrected chi connectivity index (χ2v) is 3.41. The van der Waals surface area contributed by atoms with Gasteiger partial charge in [0.25, 0.3) is 0 Å². The van der Waals surface area contributed by atoms with Crippen molar-refractivity contribution in [1.82, 2.24) is 0 Å². The van der Waals surface area contributed by atoms with Gasteiger partial charge in [-0.3, -0.25) is 4.79 Å². The number of halogens is 1. The average molecular weight is 281 g/mol. The first-order valence-electron chi connectivity index (χ1n) is 3.32. The SMILES string of the molecule is NC(CC(=O)O)c1ccc(I)o1. The normalized spacial score (nSPS) is 12.8. The molecule has 0 bridgehead atoms. The molecule has 0 saturated carbocycles. The maximum Gasteiger partial charge on any atom is 0.305 e. The first kappa shape index (κ1) is 9.53. The van der Waals surface area contributed by atoms with Gasteiger partial charge in [-0.15, -0.1) is 0 Å². The van der Waals surface area contributed by atoms with Crippen LogP contribution in [0.2, 0.25) is 0 Å². The molecule has 1 unspecified atom stereocenters. The van der Waals surface area contributed by atoms with E-state index in [9.17, 15) is 4.79 Å².